The highest BCUT2D eigenvalue weighted by Gasteiger charge is 2.60. The second kappa shape index (κ2) is 10.2. The summed E-state index contributed by atoms with van der Waals surface area (Å²) < 4.78 is 43.7. The molecule has 11 heteroatoms. The molecule has 1 atom stereocenters. The highest BCUT2D eigenvalue weighted by molar-refractivity contribution is 6.44. The van der Waals surface area contributed by atoms with Gasteiger partial charge in [0.05, 0.1) is 11.1 Å². The molecule has 2 aromatic rings. The molecule has 1 unspecified atom stereocenters. The molecule has 2 heterocycles. The molecule has 1 aromatic heterocycles. The lowest BCUT2D eigenvalue weighted by Crippen LogP contribution is -2.72. The molecule has 1 aliphatic heterocycles. The van der Waals surface area contributed by atoms with E-state index >= 15 is 4.39 Å². The predicted molar refractivity (Wildman–Crippen MR) is 135 cm³/mol. The van der Waals surface area contributed by atoms with E-state index in [0.29, 0.717) is 31.5 Å². The molecule has 4 rings (SSSR count). The maximum Gasteiger partial charge on any atom is 0.293 e. The number of halogens is 3. The molecule has 2 amide bonds. The van der Waals surface area contributed by atoms with Gasteiger partial charge in [-0.3, -0.25) is 19.3 Å². The third kappa shape index (κ3) is 4.84. The van der Waals surface area contributed by atoms with Crippen LogP contribution in [-0.4, -0.2) is 63.7 Å². The molecular weight excluding hydrogens is 501 g/mol. The van der Waals surface area contributed by atoms with Gasteiger partial charge in [-0.2, -0.15) is 0 Å². The lowest BCUT2D eigenvalue weighted by atomic mass is 9.63. The third-order valence-electron chi connectivity index (χ3n) is 7.54. The van der Waals surface area contributed by atoms with Crippen LogP contribution >= 0.6 is 0 Å². The molecule has 8 nitrogen and oxygen atoms in total. The summed E-state index contributed by atoms with van der Waals surface area (Å²) in [5, 5.41) is 15.9. The number of Topliss-reactive ketones (excluding diaryl/α,β-unsaturated/α-hetero) is 1. The summed E-state index contributed by atoms with van der Waals surface area (Å²) in [5.74, 6) is -4.66. The summed E-state index contributed by atoms with van der Waals surface area (Å²) in [7, 11) is 3.20. The zero-order valence-electron chi connectivity index (χ0n) is 22.0. The van der Waals surface area contributed by atoms with Crippen molar-refractivity contribution in [1.82, 2.24) is 14.8 Å². The van der Waals surface area contributed by atoms with Gasteiger partial charge in [-0.1, -0.05) is 13.3 Å². The molecule has 1 aromatic carbocycles. The fourth-order valence-electron chi connectivity index (χ4n) is 6.01. The molecule has 0 spiro atoms. The summed E-state index contributed by atoms with van der Waals surface area (Å²) >= 11 is 0. The van der Waals surface area contributed by atoms with Crippen LogP contribution in [0.25, 0.3) is 0 Å². The molecule has 1 saturated carbocycles. The van der Waals surface area contributed by atoms with Gasteiger partial charge in [0, 0.05) is 36.8 Å². The minimum absolute atomic E-state index is 0.0406. The Bertz CT molecular complexity index is 1280. The fraction of sp³-hybridized carbons (Fsp3) is 0.519. The number of likely N-dealkylation sites (N-methyl/N-ethyl adjacent to an activating group) is 1. The summed E-state index contributed by atoms with van der Waals surface area (Å²) in [5.41, 5.74) is -1.79. The number of rotatable bonds is 9. The van der Waals surface area contributed by atoms with Crippen LogP contribution < -0.4 is 10.6 Å². The maximum atomic E-state index is 15.1. The number of carbonyl (C=O) groups excluding carboxylic acids is 3. The van der Waals surface area contributed by atoms with Crippen LogP contribution in [0.15, 0.2) is 18.2 Å². The molecule has 3 N–H and O–H groups in total. The normalized spacial score (nSPS) is 23.1. The molecule has 38 heavy (non-hydrogen) atoms. The van der Waals surface area contributed by atoms with Crippen molar-refractivity contribution in [2.75, 3.05) is 19.4 Å². The number of hydrogen-bond donors (Lipinski definition) is 3. The van der Waals surface area contributed by atoms with Crippen LogP contribution in [-0.2, 0) is 17.8 Å². The second-order valence-electron chi connectivity index (χ2n) is 10.7. The topological polar surface area (TPSA) is 104 Å². The first kappa shape index (κ1) is 27.8. The van der Waals surface area contributed by atoms with E-state index in [-0.39, 0.29) is 41.8 Å². The largest absolute Gasteiger partial charge is 0.376 e. The van der Waals surface area contributed by atoms with Gasteiger partial charge in [-0.15, -0.1) is 0 Å². The Morgan fingerprint density at radius 2 is 1.87 bits per heavy atom. The molecular formula is C27H33F3N4O4. The van der Waals surface area contributed by atoms with Crippen molar-refractivity contribution in [1.29, 1.82) is 0 Å². The van der Waals surface area contributed by atoms with Gasteiger partial charge in [-0.05, 0) is 58.0 Å². The highest BCUT2D eigenvalue weighted by atomic mass is 19.2. The third-order valence-corrected chi connectivity index (χ3v) is 7.54. The van der Waals surface area contributed by atoms with E-state index in [0.717, 1.165) is 12.1 Å². The summed E-state index contributed by atoms with van der Waals surface area (Å²) in [6.07, 6.45) is 0.529. The molecule has 0 bridgehead atoms. The van der Waals surface area contributed by atoms with E-state index in [1.165, 1.54) is 11.0 Å². The Hall–Kier alpha value is -3.18. The van der Waals surface area contributed by atoms with Crippen molar-refractivity contribution in [3.63, 3.8) is 0 Å². The number of carbonyl (C=O) groups is 3. The number of hydrogen-bond acceptors (Lipinski definition) is 5. The zero-order chi connectivity index (χ0) is 28.0. The molecule has 2 aliphatic rings. The molecule has 1 fully saturated rings. The smallest absolute Gasteiger partial charge is 0.293 e. The standard InChI is InChI=1S/C27H33F3N4O4/c1-5-10-26(30)13-27(14-26,25(38)33(3)4)32-24(37)22(35)20-15(2)21(34-11-6-7-19(20)34)23(36)31-16-8-9-17(28)18(29)12-16/h8-9,12,25,38H,5-7,10-11,13-14H2,1-4H3,(H,31,36)(H,32,37). The highest BCUT2D eigenvalue weighted by Crippen LogP contribution is 2.49. The quantitative estimate of drug-likeness (QED) is 0.260. The number of ketones is 1. The minimum atomic E-state index is -1.54. The Morgan fingerprint density at radius 1 is 1.18 bits per heavy atom. The first-order valence-corrected chi connectivity index (χ1v) is 12.7. The number of nitrogens with zero attached hydrogens (tertiary/aromatic N) is 2. The number of aromatic nitrogens is 1. The Labute approximate surface area is 219 Å². The van der Waals surface area contributed by atoms with Crippen molar-refractivity contribution in [2.24, 2.45) is 0 Å². The molecule has 1 aliphatic carbocycles. The van der Waals surface area contributed by atoms with Crippen LogP contribution in [0.5, 0.6) is 0 Å². The lowest BCUT2D eigenvalue weighted by Gasteiger charge is -2.55. The molecule has 0 radical (unpaired) electrons. The summed E-state index contributed by atoms with van der Waals surface area (Å²) in [6.45, 7) is 3.84. The van der Waals surface area contributed by atoms with Crippen molar-refractivity contribution in [3.05, 3.63) is 52.3 Å². The number of aliphatic hydroxyl groups is 1. The maximum absolute atomic E-state index is 15.1. The van der Waals surface area contributed by atoms with E-state index < -0.39 is 46.7 Å². The van der Waals surface area contributed by atoms with Gasteiger partial charge in [0.2, 0.25) is 0 Å². The number of nitrogens with one attached hydrogen (secondary N) is 2. The van der Waals surface area contributed by atoms with Gasteiger partial charge in [-0.25, -0.2) is 13.2 Å². The van der Waals surface area contributed by atoms with Gasteiger partial charge >= 0.3 is 0 Å². The second-order valence-corrected chi connectivity index (χ2v) is 10.7. The van der Waals surface area contributed by atoms with Crippen LogP contribution in [0, 0.1) is 18.6 Å². The lowest BCUT2D eigenvalue weighted by molar-refractivity contribution is -0.153. The average Bonchev–Trinajstić information content (AvgIpc) is 3.38. The van der Waals surface area contributed by atoms with E-state index in [4.69, 9.17) is 0 Å². The van der Waals surface area contributed by atoms with Gasteiger partial charge in [0.1, 0.15) is 17.6 Å². The van der Waals surface area contributed by atoms with Gasteiger partial charge < -0.3 is 20.3 Å². The van der Waals surface area contributed by atoms with Crippen LogP contribution in [0.2, 0.25) is 0 Å². The number of benzene rings is 1. The fourth-order valence-corrected chi connectivity index (χ4v) is 6.01. The van der Waals surface area contributed by atoms with E-state index in [1.807, 2.05) is 6.92 Å². The number of aliphatic hydroxyl groups excluding tert-OH is 1. The van der Waals surface area contributed by atoms with E-state index in [1.54, 1.807) is 25.6 Å². The number of anilines is 1. The minimum Gasteiger partial charge on any atom is -0.376 e. The Morgan fingerprint density at radius 3 is 2.47 bits per heavy atom. The van der Waals surface area contributed by atoms with Gasteiger partial charge in [0.15, 0.2) is 11.6 Å². The number of fused-ring (bicyclic) bond motifs is 1. The first-order chi connectivity index (χ1) is 17.8. The van der Waals surface area contributed by atoms with Gasteiger partial charge in [0.25, 0.3) is 17.6 Å². The van der Waals surface area contributed by atoms with Crippen molar-refractivity contribution in [2.45, 2.75) is 76.4 Å². The number of alkyl halides is 1. The van der Waals surface area contributed by atoms with Crippen LogP contribution in [0.1, 0.15) is 71.1 Å². The first-order valence-electron chi connectivity index (χ1n) is 12.7. The van der Waals surface area contributed by atoms with Crippen LogP contribution in [0.3, 0.4) is 0 Å². The van der Waals surface area contributed by atoms with Crippen molar-refractivity contribution >= 4 is 23.3 Å². The summed E-state index contributed by atoms with van der Waals surface area (Å²) in [4.78, 5) is 41.3. The zero-order valence-corrected chi connectivity index (χ0v) is 22.0. The average molecular weight is 535 g/mol. The Balaban J connectivity index is 1.61. The molecule has 206 valence electrons. The van der Waals surface area contributed by atoms with Crippen LogP contribution in [0.4, 0.5) is 18.9 Å². The Kier molecular flexibility index (Phi) is 7.46. The van der Waals surface area contributed by atoms with Crippen molar-refractivity contribution < 1.29 is 32.7 Å². The SMILES string of the molecule is CCCC1(F)CC(NC(=O)C(=O)c2c(C)c(C(=O)Nc3ccc(F)c(F)c3)n3c2CCC3)(C(O)N(C)C)C1. The molecule has 0 saturated heterocycles. The van der Waals surface area contributed by atoms with E-state index in [2.05, 4.69) is 10.6 Å². The monoisotopic (exact) mass is 534 g/mol. The van der Waals surface area contributed by atoms with E-state index in [9.17, 15) is 28.3 Å². The summed E-state index contributed by atoms with van der Waals surface area (Å²) in [6, 6.07) is 2.97. The number of amides is 2. The predicted octanol–water partition coefficient (Wildman–Crippen LogP) is 3.49. The van der Waals surface area contributed by atoms with Crippen molar-refractivity contribution in [3.8, 4) is 0 Å².